The molecule has 0 aliphatic carbocycles. The van der Waals surface area contributed by atoms with Crippen LogP contribution in [0.5, 0.6) is 5.75 Å². The van der Waals surface area contributed by atoms with Crippen LogP contribution >= 0.6 is 15.9 Å². The van der Waals surface area contributed by atoms with Crippen molar-refractivity contribution >= 4 is 31.6 Å². The molecular weight excluding hydrogens is 322 g/mol. The van der Waals surface area contributed by atoms with Gasteiger partial charge in [-0.1, -0.05) is 0 Å². The predicted molar refractivity (Wildman–Crippen MR) is 74.4 cm³/mol. The fourth-order valence-corrected chi connectivity index (χ4v) is 3.30. The molecule has 5 nitrogen and oxygen atoms in total. The Balaban J connectivity index is 2.97. The monoisotopic (exact) mass is 337 g/mol. The van der Waals surface area contributed by atoms with Gasteiger partial charge in [0.2, 0.25) is 10.0 Å². The second kappa shape index (κ2) is 5.90. The summed E-state index contributed by atoms with van der Waals surface area (Å²) in [6, 6.07) is 3.26. The molecule has 0 saturated carbocycles. The summed E-state index contributed by atoms with van der Waals surface area (Å²) in [5.74, 6) is -0.302. The molecule has 0 aromatic heterocycles. The second-order valence-corrected chi connectivity index (χ2v) is 6.69. The van der Waals surface area contributed by atoms with Crippen molar-refractivity contribution in [2.45, 2.75) is 20.0 Å². The molecule has 0 saturated heterocycles. The molecule has 0 amide bonds. The quantitative estimate of drug-likeness (QED) is 0.808. The normalized spacial score (nSPS) is 13.3. The van der Waals surface area contributed by atoms with Crippen LogP contribution in [0.3, 0.4) is 0 Å². The van der Waals surface area contributed by atoms with Gasteiger partial charge in [-0.3, -0.25) is 4.72 Å². The van der Waals surface area contributed by atoms with Crippen molar-refractivity contribution in [1.82, 2.24) is 0 Å². The standard InChI is InChI=1S/C11H16BrNO4S/c1-7-4-9(12)11(14)10(5-7)13-18(15,16)6-8(2)17-3/h4-5,8,13-14H,6H2,1-3H3/t8-/m1/s1. The Morgan fingerprint density at radius 3 is 2.67 bits per heavy atom. The fraction of sp³-hybridized carbons (Fsp3) is 0.455. The topological polar surface area (TPSA) is 75.6 Å². The number of hydrogen-bond acceptors (Lipinski definition) is 4. The van der Waals surface area contributed by atoms with Crippen LogP contribution in [-0.2, 0) is 14.8 Å². The SMILES string of the molecule is CO[C@H](C)CS(=O)(=O)Nc1cc(C)cc(Br)c1O. The molecule has 0 spiro atoms. The lowest BCUT2D eigenvalue weighted by Gasteiger charge is -2.14. The van der Waals surface area contributed by atoms with Crippen LogP contribution in [0.25, 0.3) is 0 Å². The first kappa shape index (κ1) is 15.3. The third-order valence-electron chi connectivity index (χ3n) is 2.33. The van der Waals surface area contributed by atoms with Crippen molar-refractivity contribution in [3.8, 4) is 5.75 Å². The number of methoxy groups -OCH3 is 1. The maximum Gasteiger partial charge on any atom is 0.235 e. The van der Waals surface area contributed by atoms with Gasteiger partial charge in [-0.2, -0.15) is 0 Å². The molecule has 0 heterocycles. The van der Waals surface area contributed by atoms with Crippen molar-refractivity contribution in [3.63, 3.8) is 0 Å². The number of anilines is 1. The number of phenols is 1. The summed E-state index contributed by atoms with van der Waals surface area (Å²) in [6.45, 7) is 3.46. The molecule has 18 heavy (non-hydrogen) atoms. The number of hydrogen-bond donors (Lipinski definition) is 2. The van der Waals surface area contributed by atoms with Crippen LogP contribution in [0.1, 0.15) is 12.5 Å². The van der Waals surface area contributed by atoms with Crippen molar-refractivity contribution in [1.29, 1.82) is 0 Å². The molecule has 1 atom stereocenters. The lowest BCUT2D eigenvalue weighted by Crippen LogP contribution is -2.25. The maximum absolute atomic E-state index is 11.8. The molecule has 1 aromatic rings. The number of benzene rings is 1. The van der Waals surface area contributed by atoms with Crippen molar-refractivity contribution < 1.29 is 18.3 Å². The highest BCUT2D eigenvalue weighted by molar-refractivity contribution is 9.10. The molecule has 0 unspecified atom stereocenters. The maximum atomic E-state index is 11.8. The van der Waals surface area contributed by atoms with E-state index < -0.39 is 16.1 Å². The Hall–Kier alpha value is -0.790. The number of nitrogens with one attached hydrogen (secondary N) is 1. The number of ether oxygens (including phenoxy) is 1. The molecule has 2 N–H and O–H groups in total. The van der Waals surface area contributed by atoms with Gasteiger partial charge >= 0.3 is 0 Å². The number of aromatic hydroxyl groups is 1. The number of halogens is 1. The summed E-state index contributed by atoms with van der Waals surface area (Å²) in [7, 11) is -2.11. The van der Waals surface area contributed by atoms with Crippen LogP contribution in [0.15, 0.2) is 16.6 Å². The summed E-state index contributed by atoms with van der Waals surface area (Å²) < 4.78 is 31.4. The van der Waals surface area contributed by atoms with Crippen LogP contribution < -0.4 is 4.72 Å². The van der Waals surface area contributed by atoms with Gasteiger partial charge in [0.05, 0.1) is 22.0 Å². The first-order valence-corrected chi connectivity index (χ1v) is 7.72. The third-order valence-corrected chi connectivity index (χ3v) is 4.37. The van der Waals surface area contributed by atoms with E-state index in [-0.39, 0.29) is 17.2 Å². The highest BCUT2D eigenvalue weighted by atomic mass is 79.9. The summed E-state index contributed by atoms with van der Waals surface area (Å²) in [4.78, 5) is 0. The zero-order valence-corrected chi connectivity index (χ0v) is 12.8. The molecule has 0 aliphatic heterocycles. The summed E-state index contributed by atoms with van der Waals surface area (Å²) in [6.07, 6.45) is -0.419. The zero-order valence-electron chi connectivity index (χ0n) is 10.4. The van der Waals surface area contributed by atoms with Gasteiger partial charge in [0.1, 0.15) is 0 Å². The summed E-state index contributed by atoms with van der Waals surface area (Å²) in [5, 5.41) is 9.77. The van der Waals surface area contributed by atoms with E-state index in [0.29, 0.717) is 4.47 Å². The Kier molecular flexibility index (Phi) is 5.01. The summed E-state index contributed by atoms with van der Waals surface area (Å²) >= 11 is 3.16. The summed E-state index contributed by atoms with van der Waals surface area (Å²) in [5.41, 5.74) is 0.988. The van der Waals surface area contributed by atoms with E-state index in [4.69, 9.17) is 4.74 Å². The van der Waals surface area contributed by atoms with Crippen molar-refractivity contribution in [3.05, 3.63) is 22.2 Å². The van der Waals surface area contributed by atoms with Gasteiger partial charge in [0.25, 0.3) is 0 Å². The van der Waals surface area contributed by atoms with Gasteiger partial charge in [0, 0.05) is 7.11 Å². The van der Waals surface area contributed by atoms with Crippen LogP contribution in [0, 0.1) is 6.92 Å². The van der Waals surface area contributed by atoms with Gasteiger partial charge < -0.3 is 9.84 Å². The minimum Gasteiger partial charge on any atom is -0.505 e. The van der Waals surface area contributed by atoms with Crippen molar-refractivity contribution in [2.75, 3.05) is 17.6 Å². The van der Waals surface area contributed by atoms with Gasteiger partial charge in [-0.25, -0.2) is 8.42 Å². The Morgan fingerprint density at radius 2 is 2.11 bits per heavy atom. The number of aryl methyl sites for hydroxylation is 1. The largest absolute Gasteiger partial charge is 0.505 e. The lowest BCUT2D eigenvalue weighted by molar-refractivity contribution is 0.136. The van der Waals surface area contributed by atoms with E-state index in [1.165, 1.54) is 7.11 Å². The molecule has 102 valence electrons. The van der Waals surface area contributed by atoms with Crippen LogP contribution in [0.2, 0.25) is 0 Å². The highest BCUT2D eigenvalue weighted by Gasteiger charge is 2.18. The van der Waals surface area contributed by atoms with Gasteiger partial charge in [0.15, 0.2) is 5.75 Å². The average molecular weight is 338 g/mol. The van der Waals surface area contributed by atoms with E-state index in [1.54, 1.807) is 26.0 Å². The molecule has 0 bridgehead atoms. The molecular formula is C11H16BrNO4S. The fourth-order valence-electron chi connectivity index (χ4n) is 1.40. The smallest absolute Gasteiger partial charge is 0.235 e. The Morgan fingerprint density at radius 1 is 1.50 bits per heavy atom. The molecule has 1 rings (SSSR count). The van der Waals surface area contributed by atoms with E-state index in [1.807, 2.05) is 0 Å². The minimum atomic E-state index is -3.56. The minimum absolute atomic E-state index is 0.130. The Labute approximate surface area is 115 Å². The second-order valence-electron chi connectivity index (χ2n) is 4.07. The third kappa shape index (κ3) is 4.15. The molecule has 1 aromatic carbocycles. The molecule has 0 fully saturated rings. The average Bonchev–Trinajstić information content (AvgIpc) is 2.23. The van der Waals surface area contributed by atoms with Gasteiger partial charge in [-0.05, 0) is 47.5 Å². The predicted octanol–water partition coefficient (Wildman–Crippen LogP) is 2.24. The lowest BCUT2D eigenvalue weighted by atomic mass is 10.2. The Bertz CT molecular complexity index is 530. The molecule has 0 aliphatic rings. The van der Waals surface area contributed by atoms with E-state index in [2.05, 4.69) is 20.7 Å². The van der Waals surface area contributed by atoms with E-state index >= 15 is 0 Å². The number of phenolic OH excluding ortho intramolecular Hbond substituents is 1. The van der Waals surface area contributed by atoms with Crippen LogP contribution in [-0.4, -0.2) is 32.5 Å². The first-order valence-electron chi connectivity index (χ1n) is 5.27. The van der Waals surface area contributed by atoms with E-state index in [0.717, 1.165) is 5.56 Å². The van der Waals surface area contributed by atoms with E-state index in [9.17, 15) is 13.5 Å². The first-order chi connectivity index (χ1) is 8.25. The molecule has 0 radical (unpaired) electrons. The number of rotatable bonds is 5. The number of sulfonamides is 1. The zero-order chi connectivity index (χ0) is 13.9. The molecule has 7 heteroatoms. The highest BCUT2D eigenvalue weighted by Crippen LogP contribution is 2.33. The van der Waals surface area contributed by atoms with Crippen molar-refractivity contribution in [2.24, 2.45) is 0 Å². The van der Waals surface area contributed by atoms with Gasteiger partial charge in [-0.15, -0.1) is 0 Å². The van der Waals surface area contributed by atoms with Crippen LogP contribution in [0.4, 0.5) is 5.69 Å².